The van der Waals surface area contributed by atoms with Crippen LogP contribution in [0.1, 0.15) is 53.4 Å². The number of hydrogen-bond donors (Lipinski definition) is 0. The Morgan fingerprint density at radius 2 is 1.96 bits per heavy atom. The maximum atomic E-state index is 13.3. The van der Waals surface area contributed by atoms with Crippen molar-refractivity contribution in [2.45, 2.75) is 45.4 Å². The topological polar surface area (TPSA) is 25.2 Å². The van der Waals surface area contributed by atoms with Crippen molar-refractivity contribution >= 4 is 17.2 Å². The highest BCUT2D eigenvalue weighted by atomic mass is 32.1. The molecule has 1 fully saturated rings. The highest BCUT2D eigenvalue weighted by molar-refractivity contribution is 7.15. The van der Waals surface area contributed by atoms with Gasteiger partial charge in [-0.25, -0.2) is 0 Å². The lowest BCUT2D eigenvalue weighted by molar-refractivity contribution is 0.0682. The zero-order valence-electron chi connectivity index (χ0n) is 13.8. The van der Waals surface area contributed by atoms with Crippen LogP contribution in [0.5, 0.6) is 0 Å². The summed E-state index contributed by atoms with van der Waals surface area (Å²) in [5, 5.41) is 1.13. The first-order valence-corrected chi connectivity index (χ1v) is 9.63. The molecule has 2 aromatic rings. The molecular weight excluding hydrogens is 304 g/mol. The number of fused-ring (bicyclic) bond motifs is 1. The van der Waals surface area contributed by atoms with Gasteiger partial charge in [-0.05, 0) is 62.1 Å². The average Bonchev–Trinajstić information content (AvgIpc) is 3.21. The van der Waals surface area contributed by atoms with Crippen LogP contribution < -0.4 is 0 Å². The fourth-order valence-corrected chi connectivity index (χ4v) is 5.30. The molecule has 0 spiro atoms. The van der Waals surface area contributed by atoms with Gasteiger partial charge in [-0.2, -0.15) is 0 Å². The third-order valence-electron chi connectivity index (χ3n) is 5.15. The van der Waals surface area contributed by atoms with Crippen LogP contribution in [0.15, 0.2) is 24.5 Å². The lowest BCUT2D eigenvalue weighted by Crippen LogP contribution is -2.39. The molecule has 4 heteroatoms. The Morgan fingerprint density at radius 1 is 1.17 bits per heavy atom. The molecule has 2 aromatic heterocycles. The Kier molecular flexibility index (Phi) is 4.02. The van der Waals surface area contributed by atoms with Crippen LogP contribution in [0, 0.1) is 5.92 Å². The Hall–Kier alpha value is -1.55. The van der Waals surface area contributed by atoms with Crippen molar-refractivity contribution in [3.63, 3.8) is 0 Å². The van der Waals surface area contributed by atoms with E-state index in [1.165, 1.54) is 29.7 Å². The third kappa shape index (κ3) is 2.74. The summed E-state index contributed by atoms with van der Waals surface area (Å²) in [6.07, 6.45) is 11.2. The Bertz CT molecular complexity index is 701. The summed E-state index contributed by atoms with van der Waals surface area (Å²) in [6.45, 7) is 4.09. The molecule has 1 atom stereocenters. The largest absolute Gasteiger partial charge is 0.338 e. The quantitative estimate of drug-likeness (QED) is 0.807. The van der Waals surface area contributed by atoms with Crippen LogP contribution in [-0.2, 0) is 12.8 Å². The van der Waals surface area contributed by atoms with Crippen molar-refractivity contribution in [1.29, 1.82) is 0 Å². The molecule has 4 rings (SSSR count). The van der Waals surface area contributed by atoms with Gasteiger partial charge in [0.15, 0.2) is 0 Å². The highest BCUT2D eigenvalue weighted by Crippen LogP contribution is 2.38. The molecule has 0 N–H and O–H groups in total. The van der Waals surface area contributed by atoms with E-state index in [2.05, 4.69) is 28.8 Å². The van der Waals surface area contributed by atoms with E-state index in [1.54, 1.807) is 0 Å². The molecule has 23 heavy (non-hydrogen) atoms. The third-order valence-corrected chi connectivity index (χ3v) is 6.45. The number of hydrogen-bond acceptors (Lipinski definition) is 2. The van der Waals surface area contributed by atoms with Crippen molar-refractivity contribution in [1.82, 2.24) is 9.47 Å². The van der Waals surface area contributed by atoms with E-state index in [1.807, 2.05) is 23.5 Å². The predicted molar refractivity (Wildman–Crippen MR) is 94.6 cm³/mol. The number of nitrogens with zero attached hydrogens (tertiary/aromatic N) is 2. The summed E-state index contributed by atoms with van der Waals surface area (Å²) in [5.41, 5.74) is 2.34. The summed E-state index contributed by atoms with van der Waals surface area (Å²) < 4.78 is 2.13. The standard InChI is InChI=1S/C19H24N2OS/c1-14-7-6-12-21(13-14)18(22)17-15-8-2-3-9-16(15)23-19(17)20-10-4-5-11-20/h4-5,10-11,14H,2-3,6-9,12-13H2,1H3/t14-/m1/s1. The average molecular weight is 328 g/mol. The molecule has 122 valence electrons. The molecule has 1 aliphatic carbocycles. The summed E-state index contributed by atoms with van der Waals surface area (Å²) in [6, 6.07) is 4.08. The summed E-state index contributed by atoms with van der Waals surface area (Å²) >= 11 is 1.83. The Labute approximate surface area is 141 Å². The zero-order valence-corrected chi connectivity index (χ0v) is 14.6. The second kappa shape index (κ2) is 6.16. The molecule has 3 heterocycles. The number of carbonyl (C=O) groups excluding carboxylic acids is 1. The number of aryl methyl sites for hydroxylation is 1. The van der Waals surface area contributed by atoms with Gasteiger partial charge in [0, 0.05) is 30.4 Å². The van der Waals surface area contributed by atoms with E-state index in [4.69, 9.17) is 0 Å². The smallest absolute Gasteiger partial charge is 0.257 e. The molecule has 0 unspecified atom stereocenters. The molecular formula is C19H24N2OS. The number of thiophene rings is 1. The van der Waals surface area contributed by atoms with Crippen molar-refractivity contribution in [3.05, 3.63) is 40.5 Å². The molecule has 0 radical (unpaired) electrons. The number of amides is 1. The Morgan fingerprint density at radius 3 is 2.74 bits per heavy atom. The van der Waals surface area contributed by atoms with Gasteiger partial charge in [0.25, 0.3) is 5.91 Å². The number of rotatable bonds is 2. The molecule has 1 saturated heterocycles. The van der Waals surface area contributed by atoms with E-state index < -0.39 is 0 Å². The van der Waals surface area contributed by atoms with Crippen molar-refractivity contribution in [2.24, 2.45) is 5.92 Å². The monoisotopic (exact) mass is 328 g/mol. The van der Waals surface area contributed by atoms with E-state index >= 15 is 0 Å². The van der Waals surface area contributed by atoms with Crippen LogP contribution in [0.4, 0.5) is 0 Å². The Balaban J connectivity index is 1.76. The van der Waals surface area contributed by atoms with Gasteiger partial charge in [0.1, 0.15) is 5.00 Å². The van der Waals surface area contributed by atoms with Crippen LogP contribution in [-0.4, -0.2) is 28.5 Å². The van der Waals surface area contributed by atoms with Gasteiger partial charge < -0.3 is 9.47 Å². The second-order valence-corrected chi connectivity index (χ2v) is 8.06. The van der Waals surface area contributed by atoms with E-state index in [-0.39, 0.29) is 5.91 Å². The van der Waals surface area contributed by atoms with Crippen LogP contribution in [0.2, 0.25) is 0 Å². The van der Waals surface area contributed by atoms with E-state index in [9.17, 15) is 4.79 Å². The number of likely N-dealkylation sites (tertiary alicyclic amines) is 1. The van der Waals surface area contributed by atoms with E-state index in [0.717, 1.165) is 42.9 Å². The summed E-state index contributed by atoms with van der Waals surface area (Å²) in [7, 11) is 0. The maximum absolute atomic E-state index is 13.3. The minimum atomic E-state index is 0.264. The van der Waals surface area contributed by atoms with Crippen LogP contribution >= 0.6 is 11.3 Å². The summed E-state index contributed by atoms with van der Waals surface area (Å²) in [5.74, 6) is 0.886. The van der Waals surface area contributed by atoms with Gasteiger partial charge >= 0.3 is 0 Å². The maximum Gasteiger partial charge on any atom is 0.257 e. The van der Waals surface area contributed by atoms with E-state index in [0.29, 0.717) is 5.92 Å². The molecule has 3 nitrogen and oxygen atoms in total. The van der Waals surface area contributed by atoms with Gasteiger partial charge in [-0.15, -0.1) is 11.3 Å². The van der Waals surface area contributed by atoms with Crippen LogP contribution in [0.3, 0.4) is 0 Å². The molecule has 0 bridgehead atoms. The highest BCUT2D eigenvalue weighted by Gasteiger charge is 2.30. The van der Waals surface area contributed by atoms with Crippen molar-refractivity contribution < 1.29 is 4.79 Å². The van der Waals surface area contributed by atoms with Gasteiger partial charge in [0.2, 0.25) is 0 Å². The lowest BCUT2D eigenvalue weighted by atomic mass is 9.94. The molecule has 0 aromatic carbocycles. The summed E-state index contributed by atoms with van der Waals surface area (Å²) in [4.78, 5) is 16.8. The number of piperidine rings is 1. The first-order chi connectivity index (χ1) is 11.2. The van der Waals surface area contributed by atoms with Crippen molar-refractivity contribution in [3.8, 4) is 5.00 Å². The van der Waals surface area contributed by atoms with Gasteiger partial charge in [0.05, 0.1) is 5.56 Å². The first-order valence-electron chi connectivity index (χ1n) is 8.81. The molecule has 1 aliphatic heterocycles. The first kappa shape index (κ1) is 15.0. The minimum Gasteiger partial charge on any atom is -0.338 e. The molecule has 0 saturated carbocycles. The number of aromatic nitrogens is 1. The SMILES string of the molecule is C[C@@H]1CCCN(C(=O)c2c(-n3cccc3)sc3c2CCCC3)C1. The normalized spacial score (nSPS) is 21.3. The zero-order chi connectivity index (χ0) is 15.8. The number of carbonyl (C=O) groups is 1. The fourth-order valence-electron chi connectivity index (χ4n) is 3.96. The van der Waals surface area contributed by atoms with Crippen molar-refractivity contribution in [2.75, 3.05) is 13.1 Å². The molecule has 1 amide bonds. The molecule has 2 aliphatic rings. The van der Waals surface area contributed by atoms with Gasteiger partial charge in [-0.3, -0.25) is 4.79 Å². The predicted octanol–water partition coefficient (Wildman–Crippen LogP) is 4.29. The fraction of sp³-hybridized carbons (Fsp3) is 0.526. The second-order valence-electron chi connectivity index (χ2n) is 6.98. The minimum absolute atomic E-state index is 0.264. The van der Waals surface area contributed by atoms with Gasteiger partial charge in [-0.1, -0.05) is 6.92 Å². The lowest BCUT2D eigenvalue weighted by Gasteiger charge is -2.31. The van der Waals surface area contributed by atoms with Crippen LogP contribution in [0.25, 0.3) is 5.00 Å².